The summed E-state index contributed by atoms with van der Waals surface area (Å²) in [7, 11) is 0. The zero-order valence-corrected chi connectivity index (χ0v) is 10.7. The minimum atomic E-state index is -0.903. The summed E-state index contributed by atoms with van der Waals surface area (Å²) in [5.74, 6) is -0.319. The number of hydrogen-bond donors (Lipinski definition) is 1. The Balaban J connectivity index is 2.22. The summed E-state index contributed by atoms with van der Waals surface area (Å²) in [6, 6.07) is 11.0. The summed E-state index contributed by atoms with van der Waals surface area (Å²) in [5.41, 5.74) is -0.402. The molecule has 1 heterocycles. The smallest absolute Gasteiger partial charge is 0.269 e. The van der Waals surface area contributed by atoms with Crippen LogP contribution in [0.3, 0.4) is 0 Å². The molecule has 1 aliphatic heterocycles. The van der Waals surface area contributed by atoms with Gasteiger partial charge < -0.3 is 5.32 Å². The Morgan fingerprint density at radius 3 is 2.50 bits per heavy atom. The first-order chi connectivity index (χ1) is 8.69. The fourth-order valence-corrected chi connectivity index (χ4v) is 2.39. The molecule has 1 saturated heterocycles. The summed E-state index contributed by atoms with van der Waals surface area (Å²) < 4.78 is 1.07. The number of hydrogen-bond acceptors (Lipinski definition) is 3. The molecule has 18 heavy (non-hydrogen) atoms. The number of carbonyl (C=O) groups is 1. The Morgan fingerprint density at radius 1 is 1.33 bits per heavy atom. The molecule has 1 aromatic rings. The van der Waals surface area contributed by atoms with Gasteiger partial charge in [-0.1, -0.05) is 18.2 Å². The summed E-state index contributed by atoms with van der Waals surface area (Å²) in [6.45, 7) is 1.39. The SMILES string of the molecule is N#CC1(N(Cl)C(=O)c2ccccc2)CCNCC1. The molecule has 2 rings (SSSR count). The Hall–Kier alpha value is -1.57. The second-order valence-corrected chi connectivity index (χ2v) is 4.68. The molecular formula is C13H14ClN3O. The van der Waals surface area contributed by atoms with E-state index >= 15 is 0 Å². The number of rotatable bonds is 2. The number of nitriles is 1. The maximum atomic E-state index is 12.2. The van der Waals surface area contributed by atoms with Crippen molar-refractivity contribution in [3.8, 4) is 6.07 Å². The monoisotopic (exact) mass is 263 g/mol. The van der Waals surface area contributed by atoms with E-state index in [1.165, 1.54) is 0 Å². The van der Waals surface area contributed by atoms with Crippen LogP contribution >= 0.6 is 11.8 Å². The molecule has 0 aliphatic carbocycles. The van der Waals surface area contributed by atoms with Crippen LogP contribution in [0, 0.1) is 11.3 Å². The average Bonchev–Trinajstić information content (AvgIpc) is 2.47. The molecule has 0 bridgehead atoms. The third kappa shape index (κ3) is 2.33. The van der Waals surface area contributed by atoms with E-state index in [9.17, 15) is 10.1 Å². The highest BCUT2D eigenvalue weighted by atomic mass is 35.5. The van der Waals surface area contributed by atoms with Gasteiger partial charge in [0.1, 0.15) is 5.54 Å². The third-order valence-electron chi connectivity index (χ3n) is 3.21. The van der Waals surface area contributed by atoms with E-state index in [1.54, 1.807) is 24.3 Å². The van der Waals surface area contributed by atoms with Gasteiger partial charge in [0.05, 0.1) is 6.07 Å². The van der Waals surface area contributed by atoms with E-state index in [1.807, 2.05) is 6.07 Å². The number of amides is 1. The van der Waals surface area contributed by atoms with Crippen molar-refractivity contribution in [2.45, 2.75) is 18.4 Å². The highest BCUT2D eigenvalue weighted by Crippen LogP contribution is 2.29. The molecule has 1 fully saturated rings. The van der Waals surface area contributed by atoms with Crippen molar-refractivity contribution in [2.75, 3.05) is 13.1 Å². The Kier molecular flexibility index (Phi) is 3.85. The lowest BCUT2D eigenvalue weighted by Crippen LogP contribution is -2.52. The number of nitrogens with zero attached hydrogens (tertiary/aromatic N) is 2. The fraction of sp³-hybridized carbons (Fsp3) is 0.385. The molecule has 5 heteroatoms. The highest BCUT2D eigenvalue weighted by Gasteiger charge is 2.41. The number of benzene rings is 1. The van der Waals surface area contributed by atoms with Crippen molar-refractivity contribution < 1.29 is 4.79 Å². The summed E-state index contributed by atoms with van der Waals surface area (Å²) in [4.78, 5) is 12.2. The van der Waals surface area contributed by atoms with Gasteiger partial charge in [-0.2, -0.15) is 5.26 Å². The van der Waals surface area contributed by atoms with Crippen molar-refractivity contribution >= 4 is 17.7 Å². The van der Waals surface area contributed by atoms with Crippen LogP contribution in [0.2, 0.25) is 0 Å². The molecule has 0 saturated carbocycles. The van der Waals surface area contributed by atoms with Gasteiger partial charge in [0.25, 0.3) is 5.91 Å². The molecule has 0 radical (unpaired) electrons. The number of nitrogens with one attached hydrogen (secondary N) is 1. The minimum absolute atomic E-state index is 0.319. The normalized spacial score (nSPS) is 17.8. The number of carbonyl (C=O) groups excluding carboxylic acids is 1. The molecule has 0 unspecified atom stereocenters. The first kappa shape index (κ1) is 12.9. The zero-order valence-electron chi connectivity index (χ0n) is 9.90. The second-order valence-electron chi connectivity index (χ2n) is 4.35. The standard InChI is InChI=1S/C13H14ClN3O/c14-17(12(18)11-4-2-1-3-5-11)13(10-15)6-8-16-9-7-13/h1-5,16H,6-9H2. The lowest BCUT2D eigenvalue weighted by molar-refractivity contribution is 0.0743. The van der Waals surface area contributed by atoms with Gasteiger partial charge in [-0.25, -0.2) is 4.42 Å². The Morgan fingerprint density at radius 2 is 1.94 bits per heavy atom. The van der Waals surface area contributed by atoms with Gasteiger partial charge in [-0.05, 0) is 38.1 Å². The Bertz CT molecular complexity index is 463. The molecule has 1 aromatic carbocycles. The summed E-state index contributed by atoms with van der Waals surface area (Å²) in [5, 5.41) is 12.5. The first-order valence-electron chi connectivity index (χ1n) is 5.87. The minimum Gasteiger partial charge on any atom is -0.316 e. The largest absolute Gasteiger partial charge is 0.316 e. The fourth-order valence-electron chi connectivity index (χ4n) is 2.08. The average molecular weight is 264 g/mol. The second kappa shape index (κ2) is 5.38. The van der Waals surface area contributed by atoms with E-state index < -0.39 is 5.54 Å². The summed E-state index contributed by atoms with van der Waals surface area (Å²) in [6.07, 6.45) is 1.09. The maximum Gasteiger partial charge on any atom is 0.269 e. The van der Waals surface area contributed by atoms with Crippen LogP contribution in [-0.2, 0) is 0 Å². The number of halogens is 1. The van der Waals surface area contributed by atoms with Crippen molar-refractivity contribution in [3.05, 3.63) is 35.9 Å². The van der Waals surface area contributed by atoms with E-state index in [2.05, 4.69) is 11.4 Å². The zero-order chi connectivity index (χ0) is 13.0. The lowest BCUT2D eigenvalue weighted by atomic mass is 9.89. The molecular weight excluding hydrogens is 250 g/mol. The van der Waals surface area contributed by atoms with E-state index in [-0.39, 0.29) is 5.91 Å². The topological polar surface area (TPSA) is 56.1 Å². The molecule has 0 spiro atoms. The lowest BCUT2D eigenvalue weighted by Gasteiger charge is -2.36. The molecule has 1 aliphatic rings. The van der Waals surface area contributed by atoms with Crippen LogP contribution in [-0.4, -0.2) is 29.0 Å². The van der Waals surface area contributed by atoms with Crippen LogP contribution in [0.25, 0.3) is 0 Å². The third-order valence-corrected chi connectivity index (χ3v) is 3.69. The van der Waals surface area contributed by atoms with Crippen molar-refractivity contribution in [2.24, 2.45) is 0 Å². The molecule has 94 valence electrons. The van der Waals surface area contributed by atoms with Gasteiger partial charge in [-0.3, -0.25) is 4.79 Å². The van der Waals surface area contributed by atoms with Crippen LogP contribution in [0.5, 0.6) is 0 Å². The van der Waals surface area contributed by atoms with Crippen LogP contribution < -0.4 is 5.32 Å². The quantitative estimate of drug-likeness (QED) is 0.830. The van der Waals surface area contributed by atoms with Gasteiger partial charge >= 0.3 is 0 Å². The van der Waals surface area contributed by atoms with Gasteiger partial charge in [-0.15, -0.1) is 0 Å². The molecule has 4 nitrogen and oxygen atoms in total. The molecule has 0 aromatic heterocycles. The van der Waals surface area contributed by atoms with Crippen LogP contribution in [0.1, 0.15) is 23.2 Å². The van der Waals surface area contributed by atoms with E-state index in [4.69, 9.17) is 11.8 Å². The van der Waals surface area contributed by atoms with Crippen LogP contribution in [0.15, 0.2) is 30.3 Å². The van der Waals surface area contributed by atoms with Gasteiger partial charge in [0.15, 0.2) is 0 Å². The molecule has 1 N–H and O–H groups in total. The highest BCUT2D eigenvalue weighted by molar-refractivity contribution is 6.24. The van der Waals surface area contributed by atoms with E-state index in [0.717, 1.165) is 4.42 Å². The summed E-state index contributed by atoms with van der Waals surface area (Å²) >= 11 is 6.14. The first-order valence-corrected chi connectivity index (χ1v) is 6.21. The van der Waals surface area contributed by atoms with E-state index in [0.29, 0.717) is 31.5 Å². The predicted octanol–water partition coefficient (Wildman–Crippen LogP) is 1.93. The van der Waals surface area contributed by atoms with Crippen molar-refractivity contribution in [1.82, 2.24) is 9.74 Å². The maximum absolute atomic E-state index is 12.2. The van der Waals surface area contributed by atoms with Gasteiger partial charge in [0.2, 0.25) is 0 Å². The molecule has 0 atom stereocenters. The molecule has 1 amide bonds. The van der Waals surface area contributed by atoms with Crippen molar-refractivity contribution in [3.63, 3.8) is 0 Å². The Labute approximate surface area is 111 Å². The van der Waals surface area contributed by atoms with Gasteiger partial charge in [0, 0.05) is 17.3 Å². The van der Waals surface area contributed by atoms with Crippen molar-refractivity contribution in [1.29, 1.82) is 5.26 Å². The predicted molar refractivity (Wildman–Crippen MR) is 68.9 cm³/mol. The van der Waals surface area contributed by atoms with Crippen LogP contribution in [0.4, 0.5) is 0 Å². The number of piperidine rings is 1.